The Labute approximate surface area is 126 Å². The Morgan fingerprint density at radius 2 is 2.05 bits per heavy atom. The first kappa shape index (κ1) is 15.8. The molecule has 0 fully saturated rings. The molecular formula is C16H15FO5. The van der Waals surface area contributed by atoms with Gasteiger partial charge in [0.2, 0.25) is 0 Å². The minimum Gasteiger partial charge on any atom is -0.493 e. The van der Waals surface area contributed by atoms with Crippen LogP contribution in [0.15, 0.2) is 40.8 Å². The van der Waals surface area contributed by atoms with Gasteiger partial charge in [0, 0.05) is 12.5 Å². The molecule has 5 nitrogen and oxygen atoms in total. The summed E-state index contributed by atoms with van der Waals surface area (Å²) in [7, 11) is 0. The zero-order chi connectivity index (χ0) is 15.9. The van der Waals surface area contributed by atoms with Gasteiger partial charge in [-0.2, -0.15) is 0 Å². The Balaban J connectivity index is 1.87. The number of Topliss-reactive ketones (excluding diaryl/α,β-unsaturated/α-hetero) is 1. The molecule has 1 heterocycles. The van der Waals surface area contributed by atoms with Crippen molar-refractivity contribution in [2.75, 3.05) is 13.2 Å². The van der Waals surface area contributed by atoms with Gasteiger partial charge in [-0.25, -0.2) is 9.18 Å². The van der Waals surface area contributed by atoms with Crippen molar-refractivity contribution < 1.29 is 27.9 Å². The first-order chi connectivity index (χ1) is 10.6. The van der Waals surface area contributed by atoms with Crippen LogP contribution in [0.2, 0.25) is 0 Å². The van der Waals surface area contributed by atoms with Crippen LogP contribution >= 0.6 is 0 Å². The van der Waals surface area contributed by atoms with Gasteiger partial charge in [-0.15, -0.1) is 0 Å². The number of carbonyl (C=O) groups is 2. The van der Waals surface area contributed by atoms with E-state index in [2.05, 4.69) is 4.74 Å². The Morgan fingerprint density at radius 1 is 1.23 bits per heavy atom. The van der Waals surface area contributed by atoms with E-state index in [1.807, 2.05) is 0 Å². The molecule has 0 aliphatic carbocycles. The lowest BCUT2D eigenvalue weighted by Crippen LogP contribution is -2.16. The third-order valence-corrected chi connectivity index (χ3v) is 2.76. The van der Waals surface area contributed by atoms with Crippen molar-refractivity contribution in [3.63, 3.8) is 0 Å². The molecule has 0 atom stereocenters. The molecule has 1 aromatic carbocycles. The van der Waals surface area contributed by atoms with Gasteiger partial charge in [-0.1, -0.05) is 6.07 Å². The van der Waals surface area contributed by atoms with Crippen molar-refractivity contribution in [1.82, 2.24) is 0 Å². The van der Waals surface area contributed by atoms with Crippen LogP contribution in [0.25, 0.3) is 0 Å². The highest BCUT2D eigenvalue weighted by atomic mass is 19.1. The number of ketones is 1. The van der Waals surface area contributed by atoms with E-state index in [1.165, 1.54) is 18.2 Å². The summed E-state index contributed by atoms with van der Waals surface area (Å²) < 4.78 is 28.2. The van der Waals surface area contributed by atoms with E-state index >= 15 is 0 Å². The molecule has 0 spiro atoms. The molecule has 0 amide bonds. The fraction of sp³-hybridized carbons (Fsp3) is 0.250. The molecule has 0 N–H and O–H groups in total. The Kier molecular flexibility index (Phi) is 5.30. The lowest BCUT2D eigenvalue weighted by molar-refractivity contribution is -0.137. The van der Waals surface area contributed by atoms with Gasteiger partial charge in [0.05, 0.1) is 13.2 Å². The van der Waals surface area contributed by atoms with Gasteiger partial charge in [0.15, 0.2) is 5.76 Å². The van der Waals surface area contributed by atoms with Gasteiger partial charge in [-0.3, -0.25) is 4.79 Å². The highest BCUT2D eigenvalue weighted by Gasteiger charge is 2.21. The van der Waals surface area contributed by atoms with Crippen molar-refractivity contribution in [1.29, 1.82) is 0 Å². The molecule has 0 aliphatic heterocycles. The highest BCUT2D eigenvalue weighted by molar-refractivity contribution is 6.39. The predicted octanol–water partition coefficient (Wildman–Crippen LogP) is 2.79. The SMILES string of the molecule is CCOC(=O)C(=O)c1ccc(CCOc2cccc(F)c2)o1. The molecule has 1 aromatic heterocycles. The smallest absolute Gasteiger partial charge is 0.383 e. The summed E-state index contributed by atoms with van der Waals surface area (Å²) in [5.74, 6) is -1.31. The van der Waals surface area contributed by atoms with Crippen LogP contribution in [0.3, 0.4) is 0 Å². The van der Waals surface area contributed by atoms with Crippen molar-refractivity contribution in [2.45, 2.75) is 13.3 Å². The maximum atomic E-state index is 13.0. The fourth-order valence-electron chi connectivity index (χ4n) is 1.76. The van der Waals surface area contributed by atoms with Crippen LogP contribution in [0, 0.1) is 5.82 Å². The molecule has 0 bridgehead atoms. The van der Waals surface area contributed by atoms with Gasteiger partial charge >= 0.3 is 11.8 Å². The van der Waals surface area contributed by atoms with Crippen molar-refractivity contribution in [3.05, 3.63) is 53.7 Å². The monoisotopic (exact) mass is 306 g/mol. The molecular weight excluding hydrogens is 291 g/mol. The second kappa shape index (κ2) is 7.40. The van der Waals surface area contributed by atoms with E-state index in [1.54, 1.807) is 25.1 Å². The minimum atomic E-state index is -0.945. The van der Waals surface area contributed by atoms with E-state index in [0.717, 1.165) is 0 Å². The molecule has 0 saturated heterocycles. The zero-order valence-corrected chi connectivity index (χ0v) is 12.0. The summed E-state index contributed by atoms with van der Waals surface area (Å²) in [5, 5.41) is 0. The number of furan rings is 1. The van der Waals surface area contributed by atoms with Crippen molar-refractivity contribution >= 4 is 11.8 Å². The third-order valence-electron chi connectivity index (χ3n) is 2.76. The van der Waals surface area contributed by atoms with Crippen LogP contribution < -0.4 is 4.74 Å². The van der Waals surface area contributed by atoms with Gasteiger partial charge in [-0.05, 0) is 31.2 Å². The second-order valence-corrected chi connectivity index (χ2v) is 4.37. The molecule has 2 rings (SSSR count). The Bertz CT molecular complexity index is 662. The molecule has 0 aliphatic rings. The van der Waals surface area contributed by atoms with Crippen LogP contribution in [-0.4, -0.2) is 25.0 Å². The van der Waals surface area contributed by atoms with Crippen LogP contribution in [-0.2, 0) is 16.0 Å². The first-order valence-electron chi connectivity index (χ1n) is 6.78. The molecule has 0 unspecified atom stereocenters. The van der Waals surface area contributed by atoms with Crippen molar-refractivity contribution in [3.8, 4) is 5.75 Å². The summed E-state index contributed by atoms with van der Waals surface area (Å²) in [6, 6.07) is 8.79. The zero-order valence-electron chi connectivity index (χ0n) is 12.0. The summed E-state index contributed by atoms with van der Waals surface area (Å²) in [4.78, 5) is 22.9. The summed E-state index contributed by atoms with van der Waals surface area (Å²) in [6.45, 7) is 1.99. The minimum absolute atomic E-state index is 0.0702. The number of benzene rings is 1. The van der Waals surface area contributed by atoms with E-state index < -0.39 is 11.8 Å². The lowest BCUT2D eigenvalue weighted by atomic mass is 10.3. The average Bonchev–Trinajstić information content (AvgIpc) is 2.95. The van der Waals surface area contributed by atoms with Gasteiger partial charge < -0.3 is 13.9 Å². The Hall–Kier alpha value is -2.63. The molecule has 6 heteroatoms. The second-order valence-electron chi connectivity index (χ2n) is 4.37. The maximum Gasteiger partial charge on any atom is 0.383 e. The predicted molar refractivity (Wildman–Crippen MR) is 75.3 cm³/mol. The van der Waals surface area contributed by atoms with E-state index in [9.17, 15) is 14.0 Å². The number of rotatable bonds is 7. The quantitative estimate of drug-likeness (QED) is 0.447. The maximum absolute atomic E-state index is 13.0. The van der Waals surface area contributed by atoms with E-state index in [0.29, 0.717) is 17.9 Å². The van der Waals surface area contributed by atoms with E-state index in [-0.39, 0.29) is 24.8 Å². The highest BCUT2D eigenvalue weighted by Crippen LogP contribution is 2.14. The number of carbonyl (C=O) groups excluding carboxylic acids is 2. The van der Waals surface area contributed by atoms with E-state index in [4.69, 9.17) is 9.15 Å². The number of esters is 1. The molecule has 0 radical (unpaired) electrons. The number of hydrogen-bond acceptors (Lipinski definition) is 5. The lowest BCUT2D eigenvalue weighted by Gasteiger charge is -2.04. The number of halogens is 1. The van der Waals surface area contributed by atoms with Gasteiger partial charge in [0.25, 0.3) is 0 Å². The van der Waals surface area contributed by atoms with Gasteiger partial charge in [0.1, 0.15) is 17.3 Å². The number of hydrogen-bond donors (Lipinski definition) is 0. The molecule has 2 aromatic rings. The van der Waals surface area contributed by atoms with Crippen LogP contribution in [0.4, 0.5) is 4.39 Å². The normalized spacial score (nSPS) is 10.3. The summed E-state index contributed by atoms with van der Waals surface area (Å²) in [6.07, 6.45) is 0.382. The van der Waals surface area contributed by atoms with Crippen LogP contribution in [0.1, 0.15) is 23.2 Å². The standard InChI is InChI=1S/C16H15FO5/c1-2-20-16(19)15(18)14-7-6-12(22-14)8-9-21-13-5-3-4-11(17)10-13/h3-7,10H,2,8-9H2,1H3. The molecule has 22 heavy (non-hydrogen) atoms. The van der Waals surface area contributed by atoms with Crippen LogP contribution in [0.5, 0.6) is 5.75 Å². The number of ether oxygens (including phenoxy) is 2. The molecule has 0 saturated carbocycles. The Morgan fingerprint density at radius 3 is 2.77 bits per heavy atom. The third kappa shape index (κ3) is 4.18. The largest absolute Gasteiger partial charge is 0.493 e. The molecule has 116 valence electrons. The average molecular weight is 306 g/mol. The summed E-state index contributed by atoms with van der Waals surface area (Å²) in [5.41, 5.74) is 0. The topological polar surface area (TPSA) is 65.7 Å². The fourth-order valence-corrected chi connectivity index (χ4v) is 1.76. The summed E-state index contributed by atoms with van der Waals surface area (Å²) >= 11 is 0. The van der Waals surface area contributed by atoms with Crippen molar-refractivity contribution in [2.24, 2.45) is 0 Å². The first-order valence-corrected chi connectivity index (χ1v) is 6.78.